The molecule has 0 aliphatic heterocycles. The van der Waals surface area contributed by atoms with E-state index in [1.807, 2.05) is 0 Å². The van der Waals surface area contributed by atoms with Crippen molar-refractivity contribution in [2.45, 2.75) is 30.9 Å². The largest absolute Gasteiger partial charge is 0.416 e. The first-order chi connectivity index (χ1) is 7.97. The van der Waals surface area contributed by atoms with Crippen molar-refractivity contribution in [3.63, 3.8) is 0 Å². The lowest BCUT2D eigenvalue weighted by atomic mass is 9.94. The molecule has 4 heteroatoms. The lowest BCUT2D eigenvalue weighted by Gasteiger charge is -2.12. The first-order valence-electron chi connectivity index (χ1n) is 5.88. The summed E-state index contributed by atoms with van der Waals surface area (Å²) in [4.78, 5) is 0. The molecule has 1 spiro atoms. The highest BCUT2D eigenvalue weighted by molar-refractivity contribution is 5.47. The quantitative estimate of drug-likeness (QED) is 0.803. The van der Waals surface area contributed by atoms with Crippen LogP contribution in [0.15, 0.2) is 18.2 Å². The Balaban J connectivity index is 1.99. The van der Waals surface area contributed by atoms with Crippen molar-refractivity contribution in [2.24, 2.45) is 11.7 Å². The molecule has 1 aromatic rings. The predicted molar refractivity (Wildman–Crippen MR) is 58.6 cm³/mol. The van der Waals surface area contributed by atoms with Gasteiger partial charge in [0.05, 0.1) is 5.56 Å². The van der Waals surface area contributed by atoms with E-state index in [-0.39, 0.29) is 5.41 Å². The maximum absolute atomic E-state index is 12.6. The molecule has 2 N–H and O–H groups in total. The summed E-state index contributed by atoms with van der Waals surface area (Å²) < 4.78 is 37.8. The minimum Gasteiger partial charge on any atom is -0.330 e. The molecule has 0 amide bonds. The predicted octanol–water partition coefficient (Wildman–Crippen LogP) is 2.87. The fraction of sp³-hybridized carbons (Fsp3) is 0.538. The summed E-state index contributed by atoms with van der Waals surface area (Å²) in [6, 6.07) is 4.19. The fourth-order valence-electron chi connectivity index (χ4n) is 3.28. The van der Waals surface area contributed by atoms with Gasteiger partial charge in [-0.25, -0.2) is 0 Å². The standard InChI is InChI=1S/C13H14F3N/c14-13(15,16)9-1-2-11-8(5-9)3-4-12(11)6-10(12)7-17/h1-2,5,10H,3-4,6-7,17H2. The molecule has 2 aliphatic carbocycles. The maximum atomic E-state index is 12.6. The van der Waals surface area contributed by atoms with Gasteiger partial charge in [-0.3, -0.25) is 0 Å². The maximum Gasteiger partial charge on any atom is 0.416 e. The van der Waals surface area contributed by atoms with Gasteiger partial charge >= 0.3 is 6.18 Å². The van der Waals surface area contributed by atoms with Crippen LogP contribution in [-0.2, 0) is 18.0 Å². The van der Waals surface area contributed by atoms with Crippen molar-refractivity contribution in [2.75, 3.05) is 6.54 Å². The van der Waals surface area contributed by atoms with E-state index in [0.717, 1.165) is 30.4 Å². The van der Waals surface area contributed by atoms with Crippen LogP contribution in [0.2, 0.25) is 0 Å². The van der Waals surface area contributed by atoms with E-state index in [1.54, 1.807) is 6.07 Å². The second kappa shape index (κ2) is 3.25. The molecule has 1 nitrogen and oxygen atoms in total. The summed E-state index contributed by atoms with van der Waals surface area (Å²) in [5.74, 6) is 0.473. The molecule has 0 radical (unpaired) electrons. The first kappa shape index (κ1) is 11.1. The van der Waals surface area contributed by atoms with E-state index < -0.39 is 11.7 Å². The third-order valence-electron chi connectivity index (χ3n) is 4.33. The Bertz CT molecular complexity index is 466. The van der Waals surface area contributed by atoms with Crippen LogP contribution in [0.3, 0.4) is 0 Å². The van der Waals surface area contributed by atoms with Crippen molar-refractivity contribution in [3.05, 3.63) is 34.9 Å². The van der Waals surface area contributed by atoms with Crippen LogP contribution in [0.1, 0.15) is 29.5 Å². The van der Waals surface area contributed by atoms with Crippen LogP contribution in [0.25, 0.3) is 0 Å². The molecule has 2 unspecified atom stereocenters. The summed E-state index contributed by atoms with van der Waals surface area (Å²) >= 11 is 0. The number of fused-ring (bicyclic) bond motifs is 2. The van der Waals surface area contributed by atoms with E-state index >= 15 is 0 Å². The molecule has 1 aromatic carbocycles. The Morgan fingerprint density at radius 2 is 2.12 bits per heavy atom. The third-order valence-corrected chi connectivity index (χ3v) is 4.33. The van der Waals surface area contributed by atoms with Crippen LogP contribution < -0.4 is 5.73 Å². The third kappa shape index (κ3) is 1.50. The van der Waals surface area contributed by atoms with Gasteiger partial charge in [-0.05, 0) is 55.0 Å². The molecule has 0 bridgehead atoms. The number of benzene rings is 1. The summed E-state index contributed by atoms with van der Waals surface area (Å²) in [6.07, 6.45) is -1.47. The van der Waals surface area contributed by atoms with E-state index in [9.17, 15) is 13.2 Å². The molecule has 17 heavy (non-hydrogen) atoms. The SMILES string of the molecule is NCC1CC12CCc1cc(C(F)(F)F)ccc12. The van der Waals surface area contributed by atoms with Crippen molar-refractivity contribution < 1.29 is 13.2 Å². The second-order valence-corrected chi connectivity index (χ2v) is 5.16. The van der Waals surface area contributed by atoms with Gasteiger partial charge in [0.25, 0.3) is 0 Å². The normalized spacial score (nSPS) is 30.7. The lowest BCUT2D eigenvalue weighted by Crippen LogP contribution is -2.12. The highest BCUT2D eigenvalue weighted by Crippen LogP contribution is 2.61. The minimum absolute atomic E-state index is 0.119. The van der Waals surface area contributed by atoms with Gasteiger partial charge in [-0.1, -0.05) is 6.07 Å². The van der Waals surface area contributed by atoms with E-state index in [1.165, 1.54) is 12.1 Å². The van der Waals surface area contributed by atoms with Gasteiger partial charge in [0.15, 0.2) is 0 Å². The number of aryl methyl sites for hydroxylation is 1. The van der Waals surface area contributed by atoms with Gasteiger partial charge < -0.3 is 5.73 Å². The Morgan fingerprint density at radius 3 is 2.71 bits per heavy atom. The molecule has 0 aromatic heterocycles. The Labute approximate surface area is 97.8 Å². The van der Waals surface area contributed by atoms with Crippen LogP contribution in [0.5, 0.6) is 0 Å². The van der Waals surface area contributed by atoms with Crippen LogP contribution in [-0.4, -0.2) is 6.54 Å². The second-order valence-electron chi connectivity index (χ2n) is 5.16. The topological polar surface area (TPSA) is 26.0 Å². The van der Waals surface area contributed by atoms with E-state index in [4.69, 9.17) is 5.73 Å². The molecule has 0 saturated heterocycles. The zero-order valence-corrected chi connectivity index (χ0v) is 9.35. The van der Waals surface area contributed by atoms with Gasteiger partial charge in [0.2, 0.25) is 0 Å². The molecule has 2 atom stereocenters. The molecular formula is C13H14F3N. The van der Waals surface area contributed by atoms with Crippen molar-refractivity contribution >= 4 is 0 Å². The zero-order chi connectivity index (χ0) is 12.3. The Morgan fingerprint density at radius 1 is 1.35 bits per heavy atom. The summed E-state index contributed by atoms with van der Waals surface area (Å²) in [5.41, 5.74) is 7.24. The van der Waals surface area contributed by atoms with Gasteiger partial charge in [-0.15, -0.1) is 0 Å². The molecule has 0 heterocycles. The molecule has 92 valence electrons. The fourth-order valence-corrected chi connectivity index (χ4v) is 3.28. The van der Waals surface area contributed by atoms with Crippen LogP contribution in [0, 0.1) is 5.92 Å². The van der Waals surface area contributed by atoms with E-state index in [2.05, 4.69) is 0 Å². The average molecular weight is 241 g/mol. The number of nitrogens with two attached hydrogens (primary N) is 1. The Hall–Kier alpha value is -1.03. The average Bonchev–Trinajstić information content (AvgIpc) is 2.87. The van der Waals surface area contributed by atoms with Gasteiger partial charge in [0, 0.05) is 5.41 Å². The molecular weight excluding hydrogens is 227 g/mol. The Kier molecular flexibility index (Phi) is 2.12. The minimum atomic E-state index is -4.23. The summed E-state index contributed by atoms with van der Waals surface area (Å²) in [6.45, 7) is 0.639. The van der Waals surface area contributed by atoms with E-state index in [0.29, 0.717) is 12.5 Å². The summed E-state index contributed by atoms with van der Waals surface area (Å²) in [7, 11) is 0. The van der Waals surface area contributed by atoms with Crippen molar-refractivity contribution in [1.82, 2.24) is 0 Å². The zero-order valence-electron chi connectivity index (χ0n) is 9.35. The van der Waals surface area contributed by atoms with Crippen molar-refractivity contribution in [1.29, 1.82) is 0 Å². The number of hydrogen-bond donors (Lipinski definition) is 1. The summed E-state index contributed by atoms with van der Waals surface area (Å²) in [5, 5.41) is 0. The monoisotopic (exact) mass is 241 g/mol. The highest BCUT2D eigenvalue weighted by atomic mass is 19.4. The van der Waals surface area contributed by atoms with Crippen LogP contribution in [0.4, 0.5) is 13.2 Å². The number of hydrogen-bond acceptors (Lipinski definition) is 1. The number of rotatable bonds is 1. The number of alkyl halides is 3. The number of halogens is 3. The van der Waals surface area contributed by atoms with Gasteiger partial charge in [-0.2, -0.15) is 13.2 Å². The molecule has 2 aliphatic rings. The molecule has 1 fully saturated rings. The first-order valence-corrected chi connectivity index (χ1v) is 5.88. The van der Waals surface area contributed by atoms with Crippen molar-refractivity contribution in [3.8, 4) is 0 Å². The molecule has 1 saturated carbocycles. The molecule has 3 rings (SSSR count). The van der Waals surface area contributed by atoms with Crippen LogP contribution >= 0.6 is 0 Å². The smallest absolute Gasteiger partial charge is 0.330 e. The van der Waals surface area contributed by atoms with Gasteiger partial charge in [0.1, 0.15) is 0 Å². The highest BCUT2D eigenvalue weighted by Gasteiger charge is 2.57. The lowest BCUT2D eigenvalue weighted by molar-refractivity contribution is -0.137.